The van der Waals surface area contributed by atoms with Gasteiger partial charge in [0.05, 0.1) is 0 Å². The van der Waals surface area contributed by atoms with Gasteiger partial charge in [-0.05, 0) is 51.2 Å². The molecule has 0 bridgehead atoms. The molecule has 2 N–H and O–H groups in total. The molecule has 0 aliphatic heterocycles. The normalized spacial score (nSPS) is 18.2. The predicted octanol–water partition coefficient (Wildman–Crippen LogP) is 1.85. The molecule has 0 spiro atoms. The molecule has 0 amide bonds. The first-order valence-corrected chi connectivity index (χ1v) is 5.45. The van der Waals surface area contributed by atoms with E-state index >= 15 is 0 Å². The van der Waals surface area contributed by atoms with E-state index in [1.54, 1.807) is 0 Å². The van der Waals surface area contributed by atoms with Crippen LogP contribution in [0.15, 0.2) is 0 Å². The third kappa shape index (κ3) is 4.10. The second-order valence-corrected chi connectivity index (χ2v) is 5.18. The van der Waals surface area contributed by atoms with Gasteiger partial charge in [0, 0.05) is 6.04 Å². The minimum Gasteiger partial charge on any atom is -0.330 e. The van der Waals surface area contributed by atoms with Gasteiger partial charge in [-0.3, -0.25) is 0 Å². The maximum atomic E-state index is 5.68. The lowest BCUT2D eigenvalue weighted by Crippen LogP contribution is -2.27. The Labute approximate surface area is 82.5 Å². The third-order valence-electron chi connectivity index (χ3n) is 3.09. The summed E-state index contributed by atoms with van der Waals surface area (Å²) in [5, 5.41) is 0. The van der Waals surface area contributed by atoms with Gasteiger partial charge < -0.3 is 10.6 Å². The summed E-state index contributed by atoms with van der Waals surface area (Å²) in [5.41, 5.74) is 6.02. The van der Waals surface area contributed by atoms with Crippen LogP contribution in [0, 0.1) is 5.41 Å². The monoisotopic (exact) mass is 184 g/mol. The Balaban J connectivity index is 2.05. The van der Waals surface area contributed by atoms with E-state index in [1.165, 1.54) is 32.2 Å². The molecule has 1 aliphatic carbocycles. The summed E-state index contributed by atoms with van der Waals surface area (Å²) in [6, 6.07) is 0.904. The lowest BCUT2D eigenvalue weighted by molar-refractivity contribution is 0.272. The lowest BCUT2D eigenvalue weighted by Gasteiger charge is -2.24. The van der Waals surface area contributed by atoms with Crippen LogP contribution in [-0.4, -0.2) is 31.1 Å². The SMILES string of the molecule is CN(CCCC(C)(C)CN)C1CC1. The van der Waals surface area contributed by atoms with Crippen LogP contribution < -0.4 is 5.73 Å². The molecule has 0 radical (unpaired) electrons. The van der Waals surface area contributed by atoms with Crippen molar-refractivity contribution in [3.8, 4) is 0 Å². The first-order valence-electron chi connectivity index (χ1n) is 5.45. The molecule has 1 saturated carbocycles. The molecule has 0 aromatic carbocycles. The number of nitrogens with two attached hydrogens (primary N) is 1. The Morgan fingerprint density at radius 1 is 1.38 bits per heavy atom. The average Bonchev–Trinajstić information content (AvgIpc) is 2.86. The van der Waals surface area contributed by atoms with E-state index in [0.717, 1.165) is 12.6 Å². The van der Waals surface area contributed by atoms with Gasteiger partial charge in [0.25, 0.3) is 0 Å². The first kappa shape index (κ1) is 11.0. The zero-order chi connectivity index (χ0) is 9.90. The van der Waals surface area contributed by atoms with E-state index in [-0.39, 0.29) is 0 Å². The van der Waals surface area contributed by atoms with Crippen LogP contribution in [0.5, 0.6) is 0 Å². The molecule has 1 rings (SSSR count). The largest absolute Gasteiger partial charge is 0.330 e. The van der Waals surface area contributed by atoms with Gasteiger partial charge in [0.1, 0.15) is 0 Å². The number of nitrogens with zero attached hydrogens (tertiary/aromatic N) is 1. The Morgan fingerprint density at radius 3 is 2.46 bits per heavy atom. The molecule has 0 aromatic rings. The summed E-state index contributed by atoms with van der Waals surface area (Å²) < 4.78 is 0. The molecule has 13 heavy (non-hydrogen) atoms. The quantitative estimate of drug-likeness (QED) is 0.682. The molecule has 0 atom stereocenters. The average molecular weight is 184 g/mol. The maximum Gasteiger partial charge on any atom is 0.00933 e. The topological polar surface area (TPSA) is 29.3 Å². The fourth-order valence-corrected chi connectivity index (χ4v) is 1.61. The summed E-state index contributed by atoms with van der Waals surface area (Å²) in [4.78, 5) is 2.49. The van der Waals surface area contributed by atoms with E-state index < -0.39 is 0 Å². The Bertz CT molecular complexity index is 150. The molecule has 0 heterocycles. The van der Waals surface area contributed by atoms with E-state index in [0.29, 0.717) is 5.41 Å². The van der Waals surface area contributed by atoms with Gasteiger partial charge in [-0.25, -0.2) is 0 Å². The lowest BCUT2D eigenvalue weighted by atomic mass is 9.88. The van der Waals surface area contributed by atoms with Crippen molar-refractivity contribution in [2.45, 2.75) is 45.6 Å². The molecule has 0 unspecified atom stereocenters. The molecule has 0 saturated heterocycles. The van der Waals surface area contributed by atoms with Crippen molar-refractivity contribution >= 4 is 0 Å². The summed E-state index contributed by atoms with van der Waals surface area (Å²) in [7, 11) is 2.24. The van der Waals surface area contributed by atoms with Crippen LogP contribution in [0.4, 0.5) is 0 Å². The minimum absolute atomic E-state index is 0.338. The minimum atomic E-state index is 0.338. The highest BCUT2D eigenvalue weighted by Gasteiger charge is 2.25. The molecule has 2 heteroatoms. The van der Waals surface area contributed by atoms with Crippen LogP contribution in [-0.2, 0) is 0 Å². The zero-order valence-corrected chi connectivity index (χ0v) is 9.34. The predicted molar refractivity (Wildman–Crippen MR) is 57.7 cm³/mol. The summed E-state index contributed by atoms with van der Waals surface area (Å²) in [6.45, 7) is 6.56. The van der Waals surface area contributed by atoms with E-state index in [2.05, 4.69) is 25.8 Å². The van der Waals surface area contributed by atoms with Crippen molar-refractivity contribution in [1.82, 2.24) is 4.90 Å². The van der Waals surface area contributed by atoms with Crippen molar-refractivity contribution in [3.63, 3.8) is 0 Å². The zero-order valence-electron chi connectivity index (χ0n) is 9.34. The van der Waals surface area contributed by atoms with Crippen molar-refractivity contribution in [1.29, 1.82) is 0 Å². The molecule has 2 nitrogen and oxygen atoms in total. The first-order chi connectivity index (χ1) is 6.05. The van der Waals surface area contributed by atoms with Gasteiger partial charge in [-0.1, -0.05) is 13.8 Å². The van der Waals surface area contributed by atoms with Crippen molar-refractivity contribution in [2.24, 2.45) is 11.1 Å². The number of hydrogen-bond acceptors (Lipinski definition) is 2. The van der Waals surface area contributed by atoms with Crippen LogP contribution in [0.25, 0.3) is 0 Å². The molecule has 1 fully saturated rings. The summed E-state index contributed by atoms with van der Waals surface area (Å²) >= 11 is 0. The van der Waals surface area contributed by atoms with Crippen molar-refractivity contribution < 1.29 is 0 Å². The fraction of sp³-hybridized carbons (Fsp3) is 1.00. The van der Waals surface area contributed by atoms with Crippen LogP contribution in [0.3, 0.4) is 0 Å². The van der Waals surface area contributed by atoms with Gasteiger partial charge in [-0.2, -0.15) is 0 Å². The molecule has 1 aliphatic rings. The molecular formula is C11H24N2. The third-order valence-corrected chi connectivity index (χ3v) is 3.09. The Kier molecular flexibility index (Phi) is 3.74. The van der Waals surface area contributed by atoms with Gasteiger partial charge >= 0.3 is 0 Å². The van der Waals surface area contributed by atoms with Crippen LogP contribution >= 0.6 is 0 Å². The highest BCUT2D eigenvalue weighted by Crippen LogP contribution is 2.26. The molecule has 78 valence electrons. The molecular weight excluding hydrogens is 160 g/mol. The number of hydrogen-bond donors (Lipinski definition) is 1. The van der Waals surface area contributed by atoms with Crippen LogP contribution in [0.2, 0.25) is 0 Å². The van der Waals surface area contributed by atoms with E-state index in [4.69, 9.17) is 5.73 Å². The maximum absolute atomic E-state index is 5.68. The van der Waals surface area contributed by atoms with Crippen LogP contribution in [0.1, 0.15) is 39.5 Å². The second-order valence-electron chi connectivity index (χ2n) is 5.18. The highest BCUT2D eigenvalue weighted by atomic mass is 15.1. The van der Waals surface area contributed by atoms with Gasteiger partial charge in [0.15, 0.2) is 0 Å². The Hall–Kier alpha value is -0.0800. The molecule has 0 aromatic heterocycles. The van der Waals surface area contributed by atoms with E-state index in [9.17, 15) is 0 Å². The summed E-state index contributed by atoms with van der Waals surface area (Å²) in [5.74, 6) is 0. The van der Waals surface area contributed by atoms with Crippen molar-refractivity contribution in [3.05, 3.63) is 0 Å². The second kappa shape index (κ2) is 4.43. The smallest absolute Gasteiger partial charge is 0.00933 e. The van der Waals surface area contributed by atoms with Gasteiger partial charge in [-0.15, -0.1) is 0 Å². The number of rotatable bonds is 6. The van der Waals surface area contributed by atoms with Crippen molar-refractivity contribution in [2.75, 3.05) is 20.1 Å². The standard InChI is InChI=1S/C11H24N2/c1-11(2,9-12)7-4-8-13(3)10-5-6-10/h10H,4-9,12H2,1-3H3. The summed E-state index contributed by atoms with van der Waals surface area (Å²) in [6.07, 6.45) is 5.37. The Morgan fingerprint density at radius 2 is 2.00 bits per heavy atom. The highest BCUT2D eigenvalue weighted by molar-refractivity contribution is 4.82. The van der Waals surface area contributed by atoms with E-state index in [1.807, 2.05) is 0 Å². The van der Waals surface area contributed by atoms with Gasteiger partial charge in [0.2, 0.25) is 0 Å². The fourth-order valence-electron chi connectivity index (χ4n) is 1.61.